The van der Waals surface area contributed by atoms with E-state index in [0.717, 1.165) is 5.56 Å². The van der Waals surface area contributed by atoms with Gasteiger partial charge in [-0.05, 0) is 6.42 Å². The van der Waals surface area contributed by atoms with Crippen molar-refractivity contribution >= 4 is 0 Å². The molecule has 5 nitrogen and oxygen atoms in total. The molecule has 0 amide bonds. The summed E-state index contributed by atoms with van der Waals surface area (Å²) in [6.07, 6.45) is -0.542. The van der Waals surface area contributed by atoms with Gasteiger partial charge in [0.1, 0.15) is 6.17 Å². The summed E-state index contributed by atoms with van der Waals surface area (Å²) in [5, 5.41) is 13.2. The largest absolute Gasteiger partial charge is 0.395 e. The van der Waals surface area contributed by atoms with Crippen molar-refractivity contribution in [2.75, 3.05) is 13.2 Å². The molecule has 2 aromatic rings. The van der Waals surface area contributed by atoms with Gasteiger partial charge in [0, 0.05) is 18.2 Å². The van der Waals surface area contributed by atoms with Gasteiger partial charge >= 0.3 is 0 Å². The predicted molar refractivity (Wildman–Crippen MR) is 70.5 cm³/mol. The van der Waals surface area contributed by atoms with Crippen LogP contribution in [0, 0.1) is 0 Å². The zero-order chi connectivity index (χ0) is 13.9. The predicted octanol–water partition coefficient (Wildman–Crippen LogP) is 1.64. The molecule has 1 aliphatic heterocycles. The number of aliphatic hydroxyl groups excluding tert-OH is 1. The Bertz CT molecular complexity index is 561. The molecule has 1 saturated heterocycles. The van der Waals surface area contributed by atoms with Crippen molar-refractivity contribution in [2.45, 2.75) is 25.2 Å². The number of aliphatic hydroxyl groups is 1. The molecule has 1 N–H and O–H groups in total. The number of likely N-dealkylation sites (tertiary alicyclic amines) is 1. The van der Waals surface area contributed by atoms with Crippen LogP contribution in [0.1, 0.15) is 12.3 Å². The standard InChI is InChI=1S/C14H16FN3O2/c15-11-6-12(9-19)18(7-11)8-13-16-14(17-20-13)10-4-2-1-3-5-10/h1-5,11-12,19H,6-9H2/t11-,12-/m0/s1. The summed E-state index contributed by atoms with van der Waals surface area (Å²) < 4.78 is 18.6. The Morgan fingerprint density at radius 3 is 2.90 bits per heavy atom. The van der Waals surface area contributed by atoms with Gasteiger partial charge < -0.3 is 9.63 Å². The van der Waals surface area contributed by atoms with Crippen LogP contribution < -0.4 is 0 Å². The van der Waals surface area contributed by atoms with Crippen molar-refractivity contribution in [3.8, 4) is 11.4 Å². The van der Waals surface area contributed by atoms with Crippen LogP contribution in [0.25, 0.3) is 11.4 Å². The third-order valence-electron chi connectivity index (χ3n) is 3.53. The maximum atomic E-state index is 13.4. The quantitative estimate of drug-likeness (QED) is 0.920. The summed E-state index contributed by atoms with van der Waals surface area (Å²) in [5.41, 5.74) is 0.881. The molecule has 0 unspecified atom stereocenters. The molecule has 0 bridgehead atoms. The second kappa shape index (κ2) is 5.68. The van der Waals surface area contributed by atoms with Crippen LogP contribution >= 0.6 is 0 Å². The average molecular weight is 277 g/mol. The van der Waals surface area contributed by atoms with Gasteiger partial charge in [-0.2, -0.15) is 4.98 Å². The van der Waals surface area contributed by atoms with Crippen molar-refractivity contribution in [1.82, 2.24) is 15.0 Å². The molecule has 3 rings (SSSR count). The van der Waals surface area contributed by atoms with Crippen molar-refractivity contribution in [2.24, 2.45) is 0 Å². The zero-order valence-electron chi connectivity index (χ0n) is 10.9. The highest BCUT2D eigenvalue weighted by Crippen LogP contribution is 2.23. The molecule has 20 heavy (non-hydrogen) atoms. The summed E-state index contributed by atoms with van der Waals surface area (Å²) in [5.74, 6) is 0.966. The number of hydrogen-bond acceptors (Lipinski definition) is 5. The lowest BCUT2D eigenvalue weighted by atomic mass is 10.2. The van der Waals surface area contributed by atoms with Crippen LogP contribution in [0.4, 0.5) is 4.39 Å². The first-order valence-electron chi connectivity index (χ1n) is 6.63. The number of rotatable bonds is 4. The fourth-order valence-electron chi connectivity index (χ4n) is 2.50. The molecule has 0 radical (unpaired) electrons. The molecule has 1 aromatic carbocycles. The van der Waals surface area contributed by atoms with Gasteiger partial charge in [0.05, 0.1) is 13.2 Å². The van der Waals surface area contributed by atoms with Crippen LogP contribution in [-0.4, -0.2) is 45.5 Å². The van der Waals surface area contributed by atoms with Crippen molar-refractivity contribution < 1.29 is 14.0 Å². The first kappa shape index (κ1) is 13.2. The van der Waals surface area contributed by atoms with Crippen LogP contribution in [-0.2, 0) is 6.54 Å². The molecule has 0 spiro atoms. The number of nitrogens with zero attached hydrogens (tertiary/aromatic N) is 3. The normalized spacial score (nSPS) is 23.3. The van der Waals surface area contributed by atoms with E-state index in [4.69, 9.17) is 4.52 Å². The highest BCUT2D eigenvalue weighted by atomic mass is 19.1. The average Bonchev–Trinajstić information content (AvgIpc) is 3.07. The summed E-state index contributed by atoms with van der Waals surface area (Å²) in [4.78, 5) is 6.15. The van der Waals surface area contributed by atoms with Crippen LogP contribution in [0.15, 0.2) is 34.9 Å². The van der Waals surface area contributed by atoms with Gasteiger partial charge in [-0.15, -0.1) is 0 Å². The molecular formula is C14H16FN3O2. The summed E-state index contributed by atoms with van der Waals surface area (Å²) in [6.45, 7) is 0.611. The van der Waals surface area contributed by atoms with E-state index in [1.54, 1.807) is 0 Å². The molecule has 2 atom stereocenters. The summed E-state index contributed by atoms with van der Waals surface area (Å²) >= 11 is 0. The molecule has 1 fully saturated rings. The second-order valence-electron chi connectivity index (χ2n) is 4.98. The molecule has 1 aromatic heterocycles. The van der Waals surface area contributed by atoms with Gasteiger partial charge in [-0.25, -0.2) is 4.39 Å². The zero-order valence-corrected chi connectivity index (χ0v) is 10.9. The van der Waals surface area contributed by atoms with E-state index >= 15 is 0 Å². The fraction of sp³-hybridized carbons (Fsp3) is 0.429. The van der Waals surface area contributed by atoms with Crippen molar-refractivity contribution in [3.63, 3.8) is 0 Å². The monoisotopic (exact) mass is 277 g/mol. The van der Waals surface area contributed by atoms with Gasteiger partial charge in [0.15, 0.2) is 0 Å². The minimum absolute atomic E-state index is 0.0555. The van der Waals surface area contributed by atoms with Gasteiger partial charge in [-0.3, -0.25) is 4.90 Å². The van der Waals surface area contributed by atoms with E-state index in [1.165, 1.54) is 0 Å². The first-order chi connectivity index (χ1) is 9.76. The Labute approximate surface area is 116 Å². The molecule has 1 aliphatic rings. The Kier molecular flexibility index (Phi) is 3.75. The van der Waals surface area contributed by atoms with Gasteiger partial charge in [0.2, 0.25) is 11.7 Å². The maximum absolute atomic E-state index is 13.4. The highest BCUT2D eigenvalue weighted by Gasteiger charge is 2.32. The second-order valence-corrected chi connectivity index (χ2v) is 4.98. The smallest absolute Gasteiger partial charge is 0.241 e. The molecular weight excluding hydrogens is 261 g/mol. The number of alkyl halides is 1. The molecule has 0 saturated carbocycles. The first-order valence-corrected chi connectivity index (χ1v) is 6.63. The topological polar surface area (TPSA) is 62.4 Å². The number of aromatic nitrogens is 2. The van der Waals surface area contributed by atoms with E-state index in [9.17, 15) is 9.50 Å². The summed E-state index contributed by atoms with van der Waals surface area (Å²) in [6, 6.07) is 9.36. The lowest BCUT2D eigenvalue weighted by Gasteiger charge is -2.19. The Balaban J connectivity index is 1.72. The highest BCUT2D eigenvalue weighted by molar-refractivity contribution is 5.53. The number of halogens is 1. The van der Waals surface area contributed by atoms with Crippen LogP contribution in [0.5, 0.6) is 0 Å². The molecule has 106 valence electrons. The van der Waals surface area contributed by atoms with Crippen LogP contribution in [0.3, 0.4) is 0 Å². The van der Waals surface area contributed by atoms with E-state index in [2.05, 4.69) is 10.1 Å². The minimum Gasteiger partial charge on any atom is -0.395 e. The van der Waals surface area contributed by atoms with Crippen molar-refractivity contribution in [3.05, 3.63) is 36.2 Å². The maximum Gasteiger partial charge on any atom is 0.241 e. The SMILES string of the molecule is OC[C@@H]1C[C@H](F)CN1Cc1nc(-c2ccccc2)no1. The van der Waals surface area contributed by atoms with Gasteiger partial charge in [-0.1, -0.05) is 35.5 Å². The van der Waals surface area contributed by atoms with E-state index in [1.807, 2.05) is 35.2 Å². The van der Waals surface area contributed by atoms with E-state index < -0.39 is 6.17 Å². The summed E-state index contributed by atoms with van der Waals surface area (Å²) in [7, 11) is 0. The third-order valence-corrected chi connectivity index (χ3v) is 3.53. The Morgan fingerprint density at radius 2 is 2.15 bits per heavy atom. The number of benzene rings is 1. The lowest BCUT2D eigenvalue weighted by Crippen LogP contribution is -2.31. The number of hydrogen-bond donors (Lipinski definition) is 1. The van der Waals surface area contributed by atoms with Crippen molar-refractivity contribution in [1.29, 1.82) is 0 Å². The molecule has 0 aliphatic carbocycles. The third kappa shape index (κ3) is 2.71. The molecule has 6 heteroatoms. The fourth-order valence-corrected chi connectivity index (χ4v) is 2.50. The van der Waals surface area contributed by atoms with E-state index in [0.29, 0.717) is 31.2 Å². The van der Waals surface area contributed by atoms with E-state index in [-0.39, 0.29) is 12.6 Å². The van der Waals surface area contributed by atoms with Crippen LogP contribution in [0.2, 0.25) is 0 Å². The molecule has 2 heterocycles. The lowest BCUT2D eigenvalue weighted by molar-refractivity contribution is 0.140. The Hall–Kier alpha value is -1.79. The van der Waals surface area contributed by atoms with Gasteiger partial charge in [0.25, 0.3) is 0 Å². The Morgan fingerprint density at radius 1 is 1.35 bits per heavy atom. The minimum atomic E-state index is -0.899.